The number of amides is 1. The average Bonchev–Trinajstić information content (AvgIpc) is 3.23. The van der Waals surface area contributed by atoms with E-state index >= 15 is 0 Å². The maximum Gasteiger partial charge on any atom is 0.254 e. The number of methoxy groups -OCH3 is 1. The van der Waals surface area contributed by atoms with E-state index in [1.807, 2.05) is 29.2 Å². The molecule has 0 radical (unpaired) electrons. The SMILES string of the molecule is COCCN(C(=O)c1cccc(S)c1)C(C)C1CC1. The van der Waals surface area contributed by atoms with Crippen LogP contribution in [0.1, 0.15) is 30.1 Å². The molecule has 3 nitrogen and oxygen atoms in total. The van der Waals surface area contributed by atoms with Gasteiger partial charge in [0.05, 0.1) is 6.61 Å². The van der Waals surface area contributed by atoms with Crippen LogP contribution in [0, 0.1) is 5.92 Å². The number of rotatable bonds is 6. The molecule has 1 saturated carbocycles. The van der Waals surface area contributed by atoms with E-state index in [0.29, 0.717) is 24.6 Å². The van der Waals surface area contributed by atoms with Gasteiger partial charge in [0.1, 0.15) is 0 Å². The highest BCUT2D eigenvalue weighted by atomic mass is 32.1. The molecular weight excluding hydrogens is 258 g/mol. The molecule has 1 unspecified atom stereocenters. The summed E-state index contributed by atoms with van der Waals surface area (Å²) in [6.45, 7) is 3.35. The standard InChI is InChI=1S/C15H21NO2S/c1-11(12-6-7-12)16(8-9-18-2)15(17)13-4-3-5-14(19)10-13/h3-5,10-12,19H,6-9H2,1-2H3. The summed E-state index contributed by atoms with van der Waals surface area (Å²) in [7, 11) is 1.67. The fourth-order valence-electron chi connectivity index (χ4n) is 2.32. The lowest BCUT2D eigenvalue weighted by Crippen LogP contribution is -2.42. The lowest BCUT2D eigenvalue weighted by Gasteiger charge is -2.29. The smallest absolute Gasteiger partial charge is 0.254 e. The molecule has 1 aliphatic rings. The molecule has 104 valence electrons. The van der Waals surface area contributed by atoms with Crippen LogP contribution in [0.4, 0.5) is 0 Å². The fourth-order valence-corrected chi connectivity index (χ4v) is 2.54. The number of benzene rings is 1. The molecule has 0 heterocycles. The first kappa shape index (κ1) is 14.4. The van der Waals surface area contributed by atoms with Crippen molar-refractivity contribution in [3.05, 3.63) is 29.8 Å². The van der Waals surface area contributed by atoms with Crippen LogP contribution < -0.4 is 0 Å². The van der Waals surface area contributed by atoms with Crippen molar-refractivity contribution in [3.8, 4) is 0 Å². The third kappa shape index (κ3) is 3.74. The van der Waals surface area contributed by atoms with Gasteiger partial charge in [-0.25, -0.2) is 0 Å². The number of carbonyl (C=O) groups excluding carboxylic acids is 1. The Morgan fingerprint density at radius 1 is 1.53 bits per heavy atom. The molecule has 1 aromatic rings. The Labute approximate surface area is 120 Å². The molecule has 0 spiro atoms. The zero-order valence-electron chi connectivity index (χ0n) is 11.5. The van der Waals surface area contributed by atoms with Crippen LogP contribution in [0.2, 0.25) is 0 Å². The second-order valence-corrected chi connectivity index (χ2v) is 5.64. The van der Waals surface area contributed by atoms with Crippen molar-refractivity contribution in [2.24, 2.45) is 5.92 Å². The van der Waals surface area contributed by atoms with Crippen molar-refractivity contribution in [1.82, 2.24) is 4.90 Å². The van der Waals surface area contributed by atoms with Gasteiger partial charge in [-0.1, -0.05) is 6.07 Å². The normalized spacial score (nSPS) is 16.2. The fraction of sp³-hybridized carbons (Fsp3) is 0.533. The largest absolute Gasteiger partial charge is 0.383 e. The van der Waals surface area contributed by atoms with Gasteiger partial charge in [-0.05, 0) is 43.9 Å². The van der Waals surface area contributed by atoms with Crippen LogP contribution in [0.15, 0.2) is 29.2 Å². The van der Waals surface area contributed by atoms with Crippen molar-refractivity contribution in [1.29, 1.82) is 0 Å². The molecule has 0 bridgehead atoms. The van der Waals surface area contributed by atoms with Gasteiger partial charge in [0.2, 0.25) is 0 Å². The monoisotopic (exact) mass is 279 g/mol. The predicted octanol–water partition coefficient (Wildman–Crippen LogP) is 2.86. The molecule has 19 heavy (non-hydrogen) atoms. The molecule has 1 aromatic carbocycles. The Hall–Kier alpha value is -1.00. The molecule has 1 atom stereocenters. The molecule has 1 fully saturated rings. The average molecular weight is 279 g/mol. The van der Waals surface area contributed by atoms with Gasteiger partial charge >= 0.3 is 0 Å². The van der Waals surface area contributed by atoms with Crippen molar-refractivity contribution < 1.29 is 9.53 Å². The van der Waals surface area contributed by atoms with Crippen molar-refractivity contribution in [3.63, 3.8) is 0 Å². The van der Waals surface area contributed by atoms with Gasteiger partial charge in [-0.2, -0.15) is 0 Å². The van der Waals surface area contributed by atoms with Gasteiger partial charge in [0.15, 0.2) is 0 Å². The second-order valence-electron chi connectivity index (χ2n) is 5.12. The van der Waals surface area contributed by atoms with Gasteiger partial charge < -0.3 is 9.64 Å². The molecule has 4 heteroatoms. The lowest BCUT2D eigenvalue weighted by molar-refractivity contribution is 0.0594. The van der Waals surface area contributed by atoms with E-state index in [1.54, 1.807) is 7.11 Å². The molecular formula is C15H21NO2S. The number of ether oxygens (including phenoxy) is 1. The van der Waals surface area contributed by atoms with Crippen LogP contribution in [0.3, 0.4) is 0 Å². The Morgan fingerprint density at radius 2 is 2.26 bits per heavy atom. The highest BCUT2D eigenvalue weighted by Gasteiger charge is 2.34. The van der Waals surface area contributed by atoms with Gasteiger partial charge in [0.25, 0.3) is 5.91 Å². The summed E-state index contributed by atoms with van der Waals surface area (Å²) in [6.07, 6.45) is 2.45. The van der Waals surface area contributed by atoms with E-state index in [0.717, 1.165) is 4.90 Å². The van der Waals surface area contributed by atoms with Crippen LogP contribution in [-0.2, 0) is 4.74 Å². The first-order valence-electron chi connectivity index (χ1n) is 6.72. The van der Waals surface area contributed by atoms with E-state index in [9.17, 15) is 4.79 Å². The van der Waals surface area contributed by atoms with Crippen LogP contribution >= 0.6 is 12.6 Å². The van der Waals surface area contributed by atoms with E-state index < -0.39 is 0 Å². The summed E-state index contributed by atoms with van der Waals surface area (Å²) < 4.78 is 5.12. The van der Waals surface area contributed by atoms with Crippen LogP contribution in [-0.4, -0.2) is 37.1 Å². The van der Waals surface area contributed by atoms with Gasteiger partial charge in [-0.3, -0.25) is 4.79 Å². The zero-order chi connectivity index (χ0) is 13.8. The Morgan fingerprint density at radius 3 is 2.84 bits per heavy atom. The number of thiol groups is 1. The molecule has 1 aliphatic carbocycles. The molecule has 2 rings (SSSR count). The third-order valence-corrected chi connectivity index (χ3v) is 3.96. The number of hydrogen-bond acceptors (Lipinski definition) is 3. The first-order valence-corrected chi connectivity index (χ1v) is 7.17. The summed E-state index contributed by atoms with van der Waals surface area (Å²) in [4.78, 5) is 15.4. The highest BCUT2D eigenvalue weighted by Crippen LogP contribution is 2.35. The minimum Gasteiger partial charge on any atom is -0.383 e. The van der Waals surface area contributed by atoms with E-state index in [-0.39, 0.29) is 11.9 Å². The summed E-state index contributed by atoms with van der Waals surface area (Å²) >= 11 is 4.30. The quantitative estimate of drug-likeness (QED) is 0.811. The summed E-state index contributed by atoms with van der Waals surface area (Å²) in [6, 6.07) is 7.70. The number of hydrogen-bond donors (Lipinski definition) is 1. The first-order chi connectivity index (χ1) is 9.13. The van der Waals surface area contributed by atoms with E-state index in [1.165, 1.54) is 12.8 Å². The third-order valence-electron chi connectivity index (χ3n) is 3.69. The maximum absolute atomic E-state index is 12.6. The minimum atomic E-state index is 0.0763. The maximum atomic E-state index is 12.6. The summed E-state index contributed by atoms with van der Waals surface area (Å²) in [5.74, 6) is 0.729. The topological polar surface area (TPSA) is 29.5 Å². The minimum absolute atomic E-state index is 0.0763. The molecule has 0 N–H and O–H groups in total. The zero-order valence-corrected chi connectivity index (χ0v) is 12.4. The van der Waals surface area contributed by atoms with Crippen molar-refractivity contribution in [2.75, 3.05) is 20.3 Å². The van der Waals surface area contributed by atoms with Crippen molar-refractivity contribution >= 4 is 18.5 Å². The van der Waals surface area contributed by atoms with Crippen molar-refractivity contribution in [2.45, 2.75) is 30.7 Å². The van der Waals surface area contributed by atoms with Gasteiger partial charge in [0, 0.05) is 30.2 Å². The van der Waals surface area contributed by atoms with Crippen LogP contribution in [0.5, 0.6) is 0 Å². The lowest BCUT2D eigenvalue weighted by atomic mass is 10.1. The Kier molecular flexibility index (Phi) is 4.88. The Balaban J connectivity index is 2.14. The van der Waals surface area contributed by atoms with E-state index in [4.69, 9.17) is 4.74 Å². The summed E-state index contributed by atoms with van der Waals surface area (Å²) in [5.41, 5.74) is 0.705. The molecule has 0 saturated heterocycles. The van der Waals surface area contributed by atoms with Gasteiger partial charge in [-0.15, -0.1) is 12.6 Å². The number of carbonyl (C=O) groups is 1. The molecule has 0 aromatic heterocycles. The molecule has 1 amide bonds. The second kappa shape index (κ2) is 6.44. The summed E-state index contributed by atoms with van der Waals surface area (Å²) in [5, 5.41) is 0. The highest BCUT2D eigenvalue weighted by molar-refractivity contribution is 7.80. The van der Waals surface area contributed by atoms with Crippen LogP contribution in [0.25, 0.3) is 0 Å². The Bertz CT molecular complexity index is 446. The van der Waals surface area contributed by atoms with E-state index in [2.05, 4.69) is 19.6 Å². The molecule has 0 aliphatic heterocycles. The number of nitrogens with zero attached hydrogens (tertiary/aromatic N) is 1. The predicted molar refractivity (Wildman–Crippen MR) is 78.8 cm³/mol.